The number of aliphatic carboxylic acids is 1. The van der Waals surface area contributed by atoms with Gasteiger partial charge < -0.3 is 15.2 Å². The van der Waals surface area contributed by atoms with Gasteiger partial charge in [0.15, 0.2) is 6.10 Å². The molecule has 0 fully saturated rings. The molecule has 1 atom stereocenters. The average Bonchev–Trinajstić information content (AvgIpc) is 2.76. The van der Waals surface area contributed by atoms with Gasteiger partial charge in [-0.05, 0) is 31.0 Å². The van der Waals surface area contributed by atoms with Crippen molar-refractivity contribution in [3.05, 3.63) is 48.0 Å². The molecule has 7 heteroatoms. The molecule has 2 aromatic rings. The van der Waals surface area contributed by atoms with Crippen molar-refractivity contribution >= 4 is 17.8 Å². The summed E-state index contributed by atoms with van der Waals surface area (Å²) < 4.78 is 5.27. The summed E-state index contributed by atoms with van der Waals surface area (Å²) in [6, 6.07) is 12.9. The van der Waals surface area contributed by atoms with Gasteiger partial charge in [0.05, 0.1) is 5.69 Å². The van der Waals surface area contributed by atoms with Crippen LogP contribution in [-0.2, 0) is 16.0 Å². The van der Waals surface area contributed by atoms with Crippen LogP contribution in [0.4, 0.5) is 10.6 Å². The van der Waals surface area contributed by atoms with E-state index in [0.717, 1.165) is 36.1 Å². The van der Waals surface area contributed by atoms with E-state index in [1.807, 2.05) is 36.4 Å². The van der Waals surface area contributed by atoms with Crippen LogP contribution in [0.15, 0.2) is 42.5 Å². The van der Waals surface area contributed by atoms with E-state index in [-0.39, 0.29) is 6.03 Å². The second kappa shape index (κ2) is 11.9. The van der Waals surface area contributed by atoms with Crippen LogP contribution in [0, 0.1) is 0 Å². The smallest absolute Gasteiger partial charge is 0.333 e. The number of benzene rings is 1. The van der Waals surface area contributed by atoms with Gasteiger partial charge in [-0.1, -0.05) is 50.1 Å². The number of hydrogen-bond acceptors (Lipinski definition) is 4. The van der Waals surface area contributed by atoms with Gasteiger partial charge in [-0.15, -0.1) is 0 Å². The summed E-state index contributed by atoms with van der Waals surface area (Å²) in [7, 11) is 1.70. The molecule has 0 bridgehead atoms. The number of urea groups is 1. The summed E-state index contributed by atoms with van der Waals surface area (Å²) in [4.78, 5) is 29.7. The monoisotopic (exact) mass is 413 g/mol. The number of anilines is 1. The average molecular weight is 414 g/mol. The molecule has 1 aromatic carbocycles. The van der Waals surface area contributed by atoms with Crippen molar-refractivity contribution in [1.82, 2.24) is 10.3 Å². The molecule has 162 valence electrons. The maximum Gasteiger partial charge on any atom is 0.333 e. The Morgan fingerprint density at radius 2 is 1.87 bits per heavy atom. The first-order valence-corrected chi connectivity index (χ1v) is 10.4. The SMILES string of the molecule is CCCCCNC(=O)N(C)c1cccc(-c2ccc(C[C@H](OCC)C(=O)O)cc2)n1. The van der Waals surface area contributed by atoms with E-state index in [2.05, 4.69) is 17.2 Å². The van der Waals surface area contributed by atoms with Gasteiger partial charge in [0, 0.05) is 32.2 Å². The number of carboxylic acids is 1. The fraction of sp³-hybridized carbons (Fsp3) is 0.435. The van der Waals surface area contributed by atoms with Gasteiger partial charge >= 0.3 is 12.0 Å². The third-order valence-corrected chi connectivity index (χ3v) is 4.75. The summed E-state index contributed by atoms with van der Waals surface area (Å²) >= 11 is 0. The Labute approximate surface area is 178 Å². The zero-order valence-corrected chi connectivity index (χ0v) is 17.9. The molecule has 0 saturated heterocycles. The van der Waals surface area contributed by atoms with Gasteiger partial charge in [0.25, 0.3) is 0 Å². The van der Waals surface area contributed by atoms with Crippen LogP contribution < -0.4 is 10.2 Å². The van der Waals surface area contributed by atoms with Gasteiger partial charge in [-0.25, -0.2) is 14.6 Å². The fourth-order valence-corrected chi connectivity index (χ4v) is 3.01. The lowest BCUT2D eigenvalue weighted by atomic mass is 10.0. The third-order valence-electron chi connectivity index (χ3n) is 4.75. The summed E-state index contributed by atoms with van der Waals surface area (Å²) in [5, 5.41) is 12.1. The molecule has 2 N–H and O–H groups in total. The molecule has 7 nitrogen and oxygen atoms in total. The minimum absolute atomic E-state index is 0.179. The van der Waals surface area contributed by atoms with Crippen LogP contribution in [-0.4, -0.2) is 48.4 Å². The van der Waals surface area contributed by atoms with Gasteiger partial charge in [0.1, 0.15) is 5.82 Å². The number of ether oxygens (including phenoxy) is 1. The number of aromatic nitrogens is 1. The molecule has 1 heterocycles. The Morgan fingerprint density at radius 1 is 1.13 bits per heavy atom. The Morgan fingerprint density at radius 3 is 2.50 bits per heavy atom. The topological polar surface area (TPSA) is 91.8 Å². The van der Waals surface area contributed by atoms with E-state index in [0.29, 0.717) is 25.4 Å². The minimum Gasteiger partial charge on any atom is -0.479 e. The molecule has 0 spiro atoms. The van der Waals surface area contributed by atoms with E-state index in [9.17, 15) is 14.7 Å². The molecule has 30 heavy (non-hydrogen) atoms. The second-order valence-corrected chi connectivity index (χ2v) is 7.06. The maximum absolute atomic E-state index is 12.3. The third kappa shape index (κ3) is 6.84. The molecule has 1 aromatic heterocycles. The van der Waals surface area contributed by atoms with E-state index in [1.54, 1.807) is 20.0 Å². The largest absolute Gasteiger partial charge is 0.479 e. The zero-order chi connectivity index (χ0) is 21.9. The second-order valence-electron chi connectivity index (χ2n) is 7.06. The molecule has 0 radical (unpaired) electrons. The number of nitrogens with one attached hydrogen (secondary N) is 1. The van der Waals surface area contributed by atoms with Gasteiger partial charge in [-0.2, -0.15) is 0 Å². The summed E-state index contributed by atoms with van der Waals surface area (Å²) in [6.45, 7) is 4.91. The van der Waals surface area contributed by atoms with Crippen LogP contribution in [0.5, 0.6) is 0 Å². The molecule has 2 rings (SSSR count). The number of unbranched alkanes of at least 4 members (excludes halogenated alkanes) is 2. The van der Waals surface area contributed by atoms with Crippen LogP contribution in [0.3, 0.4) is 0 Å². The molecule has 0 unspecified atom stereocenters. The highest BCUT2D eigenvalue weighted by Gasteiger charge is 2.18. The lowest BCUT2D eigenvalue weighted by molar-refractivity contribution is -0.149. The minimum atomic E-state index is -0.966. The van der Waals surface area contributed by atoms with Crippen molar-refractivity contribution in [2.45, 2.75) is 45.6 Å². The summed E-state index contributed by atoms with van der Waals surface area (Å²) in [5.74, 6) is -0.404. The van der Waals surface area contributed by atoms with Crippen LogP contribution >= 0.6 is 0 Å². The number of carbonyl (C=O) groups is 2. The first-order valence-electron chi connectivity index (χ1n) is 10.4. The molecule has 0 saturated carbocycles. The van der Waals surface area contributed by atoms with Crippen molar-refractivity contribution in [3.63, 3.8) is 0 Å². The maximum atomic E-state index is 12.3. The number of carboxylic acid groups (broad SMARTS) is 1. The van der Waals surface area contributed by atoms with E-state index in [1.165, 1.54) is 4.90 Å². The normalized spacial score (nSPS) is 11.7. The Kier molecular flexibility index (Phi) is 9.28. The number of nitrogens with zero attached hydrogens (tertiary/aromatic N) is 2. The summed E-state index contributed by atoms with van der Waals surface area (Å²) in [5.41, 5.74) is 2.50. The fourth-order valence-electron chi connectivity index (χ4n) is 3.01. The quantitative estimate of drug-likeness (QED) is 0.541. The van der Waals surface area contributed by atoms with Crippen molar-refractivity contribution < 1.29 is 19.4 Å². The molecular weight excluding hydrogens is 382 g/mol. The Hall–Kier alpha value is -2.93. The molecular formula is C23H31N3O4. The molecule has 0 aliphatic rings. The highest BCUT2D eigenvalue weighted by atomic mass is 16.5. The number of carbonyl (C=O) groups excluding carboxylic acids is 1. The van der Waals surface area contributed by atoms with Crippen molar-refractivity contribution in [2.24, 2.45) is 0 Å². The molecule has 0 aliphatic heterocycles. The number of hydrogen-bond donors (Lipinski definition) is 2. The Balaban J connectivity index is 2.06. The molecule has 2 amide bonds. The first kappa shape index (κ1) is 23.3. The van der Waals surface area contributed by atoms with Crippen LogP contribution in [0.1, 0.15) is 38.7 Å². The number of pyridine rings is 1. The number of amides is 2. The first-order chi connectivity index (χ1) is 14.5. The predicted octanol–water partition coefficient (Wildman–Crippen LogP) is 4.12. The van der Waals surface area contributed by atoms with E-state index < -0.39 is 12.1 Å². The highest BCUT2D eigenvalue weighted by molar-refractivity contribution is 5.90. The molecule has 0 aliphatic carbocycles. The van der Waals surface area contributed by atoms with Crippen LogP contribution in [0.25, 0.3) is 11.3 Å². The lowest BCUT2D eigenvalue weighted by Gasteiger charge is -2.18. The van der Waals surface area contributed by atoms with Gasteiger partial charge in [0.2, 0.25) is 0 Å². The highest BCUT2D eigenvalue weighted by Crippen LogP contribution is 2.21. The van der Waals surface area contributed by atoms with E-state index in [4.69, 9.17) is 4.74 Å². The van der Waals surface area contributed by atoms with Crippen molar-refractivity contribution in [3.8, 4) is 11.3 Å². The van der Waals surface area contributed by atoms with Crippen molar-refractivity contribution in [1.29, 1.82) is 0 Å². The lowest BCUT2D eigenvalue weighted by Crippen LogP contribution is -2.38. The van der Waals surface area contributed by atoms with Gasteiger partial charge in [-0.3, -0.25) is 4.90 Å². The van der Waals surface area contributed by atoms with E-state index >= 15 is 0 Å². The number of rotatable bonds is 11. The Bertz CT molecular complexity index is 823. The standard InChI is InChI=1S/C23H31N3O4/c1-4-6-7-15-24-23(29)26(3)21-10-8-9-19(25-21)18-13-11-17(12-14-18)16-20(22(27)28)30-5-2/h8-14,20H,4-7,15-16H2,1-3H3,(H,24,29)(H,27,28)/t20-/m0/s1. The van der Waals surface area contributed by atoms with Crippen molar-refractivity contribution in [2.75, 3.05) is 25.1 Å². The summed E-state index contributed by atoms with van der Waals surface area (Å²) in [6.07, 6.45) is 2.61. The predicted molar refractivity (Wildman–Crippen MR) is 118 cm³/mol. The van der Waals surface area contributed by atoms with Crippen LogP contribution in [0.2, 0.25) is 0 Å². The zero-order valence-electron chi connectivity index (χ0n) is 17.9.